The van der Waals surface area contributed by atoms with E-state index in [2.05, 4.69) is 6.07 Å². The largest absolute Gasteiger partial charge is 0.388 e. The van der Waals surface area contributed by atoms with Gasteiger partial charge in [-0.2, -0.15) is 5.26 Å². The molecule has 3 saturated carbocycles. The first kappa shape index (κ1) is 10.6. The molecular weight excluding hydrogens is 198 g/mol. The maximum absolute atomic E-state index is 10.9. The fraction of sp³-hybridized carbons (Fsp3) is 0.929. The molecule has 2 atom stereocenters. The minimum Gasteiger partial charge on any atom is -0.388 e. The Morgan fingerprint density at radius 2 is 1.75 bits per heavy atom. The van der Waals surface area contributed by atoms with Crippen molar-refractivity contribution < 1.29 is 5.11 Å². The van der Waals surface area contributed by atoms with Crippen molar-refractivity contribution in [1.29, 1.82) is 5.26 Å². The number of hydrogen-bond acceptors (Lipinski definition) is 2. The van der Waals surface area contributed by atoms with Crippen LogP contribution in [0.4, 0.5) is 0 Å². The number of rotatable bonds is 2. The molecule has 0 aromatic heterocycles. The quantitative estimate of drug-likeness (QED) is 0.776. The van der Waals surface area contributed by atoms with E-state index in [-0.39, 0.29) is 5.41 Å². The molecule has 88 valence electrons. The monoisotopic (exact) mass is 219 g/mol. The SMILES string of the molecule is N#CC1(C2(O)CCCC(C3CC3)C2)CCC1. The molecule has 3 fully saturated rings. The third-order valence-electron chi connectivity index (χ3n) is 5.37. The third kappa shape index (κ3) is 1.41. The molecule has 0 aliphatic heterocycles. The molecule has 0 aromatic carbocycles. The standard InChI is InChI=1S/C14H21NO/c15-10-13(6-2-7-13)14(16)8-1-3-12(9-14)11-4-5-11/h11-12,16H,1-9H2. The molecule has 0 radical (unpaired) electrons. The topological polar surface area (TPSA) is 44.0 Å². The molecule has 2 nitrogen and oxygen atoms in total. The number of nitriles is 1. The Bertz CT molecular complexity index is 324. The Hall–Kier alpha value is -0.550. The van der Waals surface area contributed by atoms with E-state index in [1.165, 1.54) is 19.3 Å². The van der Waals surface area contributed by atoms with Crippen LogP contribution in [0.1, 0.15) is 57.8 Å². The van der Waals surface area contributed by atoms with Crippen molar-refractivity contribution in [1.82, 2.24) is 0 Å². The molecule has 3 rings (SSSR count). The van der Waals surface area contributed by atoms with Crippen LogP contribution in [0, 0.1) is 28.6 Å². The Labute approximate surface area is 97.7 Å². The fourth-order valence-corrected chi connectivity index (χ4v) is 3.91. The van der Waals surface area contributed by atoms with E-state index < -0.39 is 5.60 Å². The maximum Gasteiger partial charge on any atom is 0.0860 e. The molecular formula is C14H21NO. The summed E-state index contributed by atoms with van der Waals surface area (Å²) in [5.41, 5.74) is -1.02. The van der Waals surface area contributed by atoms with Gasteiger partial charge in [0, 0.05) is 0 Å². The second-order valence-corrected chi connectivity index (χ2v) is 6.27. The predicted octanol–water partition coefficient (Wildman–Crippen LogP) is 3.01. The van der Waals surface area contributed by atoms with Crippen LogP contribution < -0.4 is 0 Å². The molecule has 1 N–H and O–H groups in total. The minimum atomic E-state index is -0.647. The lowest BCUT2D eigenvalue weighted by Gasteiger charge is -2.52. The molecule has 0 amide bonds. The highest BCUT2D eigenvalue weighted by Crippen LogP contribution is 2.57. The van der Waals surface area contributed by atoms with Gasteiger partial charge in [-0.25, -0.2) is 0 Å². The van der Waals surface area contributed by atoms with Gasteiger partial charge >= 0.3 is 0 Å². The summed E-state index contributed by atoms with van der Waals surface area (Å²) in [5.74, 6) is 1.59. The Morgan fingerprint density at radius 1 is 1.00 bits per heavy atom. The highest BCUT2D eigenvalue weighted by atomic mass is 16.3. The van der Waals surface area contributed by atoms with E-state index >= 15 is 0 Å². The zero-order valence-electron chi connectivity index (χ0n) is 9.91. The van der Waals surface area contributed by atoms with Crippen molar-refractivity contribution in [2.75, 3.05) is 0 Å². The van der Waals surface area contributed by atoms with Gasteiger partial charge < -0.3 is 5.11 Å². The van der Waals surface area contributed by atoms with E-state index in [1.54, 1.807) is 0 Å². The highest BCUT2D eigenvalue weighted by molar-refractivity contribution is 5.17. The number of aliphatic hydroxyl groups is 1. The van der Waals surface area contributed by atoms with Crippen LogP contribution in [0.5, 0.6) is 0 Å². The molecule has 0 bridgehead atoms. The zero-order chi connectivity index (χ0) is 11.2. The second-order valence-electron chi connectivity index (χ2n) is 6.27. The van der Waals surface area contributed by atoms with Crippen LogP contribution in [0.2, 0.25) is 0 Å². The molecule has 2 heteroatoms. The van der Waals surface area contributed by atoms with Gasteiger partial charge in [-0.1, -0.05) is 12.8 Å². The molecule has 3 aliphatic rings. The lowest BCUT2D eigenvalue weighted by atomic mass is 9.54. The van der Waals surface area contributed by atoms with Crippen molar-refractivity contribution in [3.8, 4) is 6.07 Å². The van der Waals surface area contributed by atoms with E-state index in [4.69, 9.17) is 0 Å². The van der Waals surface area contributed by atoms with Gasteiger partial charge in [-0.15, -0.1) is 0 Å². The zero-order valence-corrected chi connectivity index (χ0v) is 9.91. The van der Waals surface area contributed by atoms with Crippen LogP contribution in [-0.2, 0) is 0 Å². The van der Waals surface area contributed by atoms with Crippen molar-refractivity contribution in [2.24, 2.45) is 17.3 Å². The molecule has 0 spiro atoms. The summed E-state index contributed by atoms with van der Waals surface area (Å²) in [6, 6.07) is 2.46. The summed E-state index contributed by atoms with van der Waals surface area (Å²) in [4.78, 5) is 0. The Morgan fingerprint density at radius 3 is 2.25 bits per heavy atom. The molecule has 0 saturated heterocycles. The van der Waals surface area contributed by atoms with Crippen molar-refractivity contribution in [3.63, 3.8) is 0 Å². The average Bonchev–Trinajstić information content (AvgIpc) is 2.99. The molecule has 0 heterocycles. The van der Waals surface area contributed by atoms with Gasteiger partial charge in [-0.3, -0.25) is 0 Å². The molecule has 2 unspecified atom stereocenters. The van der Waals surface area contributed by atoms with E-state index in [0.29, 0.717) is 5.92 Å². The number of nitrogens with zero attached hydrogens (tertiary/aromatic N) is 1. The summed E-state index contributed by atoms with van der Waals surface area (Å²) in [7, 11) is 0. The highest BCUT2D eigenvalue weighted by Gasteiger charge is 2.57. The summed E-state index contributed by atoms with van der Waals surface area (Å²) in [6.45, 7) is 0. The molecule has 0 aromatic rings. The van der Waals surface area contributed by atoms with Crippen molar-refractivity contribution >= 4 is 0 Å². The first-order valence-corrected chi connectivity index (χ1v) is 6.83. The summed E-state index contributed by atoms with van der Waals surface area (Å²) < 4.78 is 0. The van der Waals surface area contributed by atoms with E-state index in [9.17, 15) is 10.4 Å². The lowest BCUT2D eigenvalue weighted by molar-refractivity contribution is -0.129. The minimum absolute atomic E-state index is 0.374. The average molecular weight is 219 g/mol. The summed E-state index contributed by atoms with van der Waals surface area (Å²) in [6.07, 6.45) is 9.89. The Balaban J connectivity index is 1.78. The van der Waals surface area contributed by atoms with Gasteiger partial charge in [0.25, 0.3) is 0 Å². The van der Waals surface area contributed by atoms with Gasteiger partial charge in [-0.05, 0) is 56.8 Å². The number of hydrogen-bond donors (Lipinski definition) is 1. The predicted molar refractivity (Wildman–Crippen MR) is 61.5 cm³/mol. The molecule has 3 aliphatic carbocycles. The van der Waals surface area contributed by atoms with Gasteiger partial charge in [0.1, 0.15) is 0 Å². The fourth-order valence-electron chi connectivity index (χ4n) is 3.91. The van der Waals surface area contributed by atoms with Crippen LogP contribution in [0.25, 0.3) is 0 Å². The van der Waals surface area contributed by atoms with Gasteiger partial charge in [0.05, 0.1) is 17.1 Å². The van der Waals surface area contributed by atoms with Crippen LogP contribution in [0.3, 0.4) is 0 Å². The summed E-state index contributed by atoms with van der Waals surface area (Å²) >= 11 is 0. The normalized spacial score (nSPS) is 42.1. The third-order valence-corrected chi connectivity index (χ3v) is 5.37. The Kier molecular flexibility index (Phi) is 2.30. The van der Waals surface area contributed by atoms with Crippen LogP contribution >= 0.6 is 0 Å². The maximum atomic E-state index is 10.9. The van der Waals surface area contributed by atoms with E-state index in [0.717, 1.165) is 44.4 Å². The summed E-state index contributed by atoms with van der Waals surface area (Å²) in [5, 5.41) is 20.3. The van der Waals surface area contributed by atoms with Crippen molar-refractivity contribution in [3.05, 3.63) is 0 Å². The second kappa shape index (κ2) is 3.47. The van der Waals surface area contributed by atoms with Gasteiger partial charge in [0.15, 0.2) is 0 Å². The van der Waals surface area contributed by atoms with Gasteiger partial charge in [0.2, 0.25) is 0 Å². The van der Waals surface area contributed by atoms with Crippen LogP contribution in [-0.4, -0.2) is 10.7 Å². The lowest BCUT2D eigenvalue weighted by Crippen LogP contribution is -2.54. The van der Waals surface area contributed by atoms with E-state index in [1.807, 2.05) is 0 Å². The van der Waals surface area contributed by atoms with Crippen molar-refractivity contribution in [2.45, 2.75) is 63.4 Å². The first-order chi connectivity index (χ1) is 7.69. The first-order valence-electron chi connectivity index (χ1n) is 6.83. The van der Waals surface area contributed by atoms with Crippen LogP contribution in [0.15, 0.2) is 0 Å². The smallest absolute Gasteiger partial charge is 0.0860 e. The molecule has 16 heavy (non-hydrogen) atoms.